The zero-order valence-corrected chi connectivity index (χ0v) is 13.7. The zero-order valence-electron chi connectivity index (χ0n) is 12.9. The highest BCUT2D eigenvalue weighted by molar-refractivity contribution is 7.89. The van der Waals surface area contributed by atoms with E-state index in [0.717, 1.165) is 0 Å². The molecule has 0 radical (unpaired) electrons. The van der Waals surface area contributed by atoms with E-state index in [-0.39, 0.29) is 11.4 Å². The maximum Gasteiger partial charge on any atom is 0.240 e. The van der Waals surface area contributed by atoms with Crippen LogP contribution >= 0.6 is 0 Å². The molecule has 124 valence electrons. The Balaban J connectivity index is 2.03. The van der Waals surface area contributed by atoms with E-state index >= 15 is 0 Å². The Hall–Kier alpha value is -1.35. The van der Waals surface area contributed by atoms with E-state index < -0.39 is 15.8 Å². The molecule has 0 bridgehead atoms. The Kier molecular flexibility index (Phi) is 5.28. The summed E-state index contributed by atoms with van der Waals surface area (Å²) in [5, 5.41) is 0. The van der Waals surface area contributed by atoms with Crippen molar-refractivity contribution < 1.29 is 27.4 Å². The highest BCUT2D eigenvalue weighted by Gasteiger charge is 2.31. The fourth-order valence-corrected chi connectivity index (χ4v) is 3.23. The molecule has 22 heavy (non-hydrogen) atoms. The van der Waals surface area contributed by atoms with Crippen LogP contribution in [0.1, 0.15) is 13.3 Å². The normalized spacial score (nSPS) is 17.4. The monoisotopic (exact) mass is 331 g/mol. The molecular weight excluding hydrogens is 310 g/mol. The number of sulfonamides is 1. The van der Waals surface area contributed by atoms with Crippen molar-refractivity contribution in [3.05, 3.63) is 18.2 Å². The van der Waals surface area contributed by atoms with Crippen molar-refractivity contribution in [3.63, 3.8) is 0 Å². The molecule has 0 unspecified atom stereocenters. The van der Waals surface area contributed by atoms with Gasteiger partial charge in [0, 0.05) is 19.0 Å². The maximum absolute atomic E-state index is 12.3. The van der Waals surface area contributed by atoms with Gasteiger partial charge in [-0.25, -0.2) is 13.1 Å². The second-order valence-electron chi connectivity index (χ2n) is 5.00. The molecule has 0 saturated carbocycles. The van der Waals surface area contributed by atoms with Crippen LogP contribution < -0.4 is 14.2 Å². The number of ether oxygens (including phenoxy) is 4. The summed E-state index contributed by atoms with van der Waals surface area (Å²) in [5.41, 5.74) is 0. The van der Waals surface area contributed by atoms with Gasteiger partial charge in [0.2, 0.25) is 10.0 Å². The van der Waals surface area contributed by atoms with Crippen LogP contribution in [0, 0.1) is 0 Å². The van der Waals surface area contributed by atoms with Crippen molar-refractivity contribution in [3.8, 4) is 11.5 Å². The molecule has 1 saturated heterocycles. The molecule has 8 heteroatoms. The lowest BCUT2D eigenvalue weighted by atomic mass is 10.2. The molecule has 0 spiro atoms. The molecule has 0 amide bonds. The van der Waals surface area contributed by atoms with E-state index in [1.54, 1.807) is 13.0 Å². The van der Waals surface area contributed by atoms with Gasteiger partial charge in [-0.2, -0.15) is 0 Å². The van der Waals surface area contributed by atoms with Gasteiger partial charge in [-0.3, -0.25) is 0 Å². The highest BCUT2D eigenvalue weighted by atomic mass is 32.2. The predicted octanol–water partition coefficient (Wildman–Crippen LogP) is 1.14. The minimum absolute atomic E-state index is 0.114. The van der Waals surface area contributed by atoms with Gasteiger partial charge in [0.25, 0.3) is 0 Å². The Morgan fingerprint density at radius 3 is 2.41 bits per heavy atom. The largest absolute Gasteiger partial charge is 0.493 e. The second-order valence-corrected chi connectivity index (χ2v) is 6.76. The van der Waals surface area contributed by atoms with Crippen molar-refractivity contribution in [1.82, 2.24) is 4.72 Å². The standard InChI is InChI=1S/C14H21NO6S/c1-14(20-8-9-21-14)6-7-15-22(16,17)11-4-5-12(18-2)13(10-11)19-3/h4-5,10,15H,6-9H2,1-3H3. The Morgan fingerprint density at radius 1 is 1.18 bits per heavy atom. The number of hydrogen-bond donors (Lipinski definition) is 1. The smallest absolute Gasteiger partial charge is 0.240 e. The number of methoxy groups -OCH3 is 2. The summed E-state index contributed by atoms with van der Waals surface area (Å²) in [4.78, 5) is 0.114. The molecule has 1 aromatic carbocycles. The Labute approximate surface area is 130 Å². The second kappa shape index (κ2) is 6.82. The minimum Gasteiger partial charge on any atom is -0.493 e. The highest BCUT2D eigenvalue weighted by Crippen LogP contribution is 2.29. The van der Waals surface area contributed by atoms with Gasteiger partial charge in [0.15, 0.2) is 17.3 Å². The van der Waals surface area contributed by atoms with Crippen LogP contribution in [0.2, 0.25) is 0 Å². The molecule has 1 heterocycles. The summed E-state index contributed by atoms with van der Waals surface area (Å²) in [6, 6.07) is 4.44. The van der Waals surface area contributed by atoms with Gasteiger partial charge in [-0.05, 0) is 19.1 Å². The number of hydrogen-bond acceptors (Lipinski definition) is 6. The first-order valence-electron chi connectivity index (χ1n) is 6.90. The topological polar surface area (TPSA) is 83.1 Å². The third-order valence-corrected chi connectivity index (χ3v) is 4.89. The quantitative estimate of drug-likeness (QED) is 0.806. The van der Waals surface area contributed by atoms with E-state index in [1.807, 2.05) is 0 Å². The lowest BCUT2D eigenvalue weighted by Gasteiger charge is -2.22. The summed E-state index contributed by atoms with van der Waals surface area (Å²) in [5.74, 6) is 0.113. The molecule has 7 nitrogen and oxygen atoms in total. The van der Waals surface area contributed by atoms with E-state index in [0.29, 0.717) is 31.1 Å². The van der Waals surface area contributed by atoms with Gasteiger partial charge in [-0.15, -0.1) is 0 Å². The summed E-state index contributed by atoms with van der Waals surface area (Å²) in [6.45, 7) is 3.07. The third-order valence-electron chi connectivity index (χ3n) is 3.43. The Bertz CT molecular complexity index is 610. The molecule has 1 fully saturated rings. The van der Waals surface area contributed by atoms with Crippen molar-refractivity contribution >= 4 is 10.0 Å². The van der Waals surface area contributed by atoms with Crippen LogP contribution in [0.15, 0.2) is 23.1 Å². The Morgan fingerprint density at radius 2 is 1.82 bits per heavy atom. The fraction of sp³-hybridized carbons (Fsp3) is 0.571. The summed E-state index contributed by atoms with van der Waals surface area (Å²) in [6.07, 6.45) is 0.430. The lowest BCUT2D eigenvalue weighted by Crippen LogP contribution is -2.33. The van der Waals surface area contributed by atoms with E-state index in [4.69, 9.17) is 18.9 Å². The average molecular weight is 331 g/mol. The molecule has 0 atom stereocenters. The minimum atomic E-state index is -3.63. The predicted molar refractivity (Wildman–Crippen MR) is 79.7 cm³/mol. The molecule has 1 aliphatic rings. The summed E-state index contributed by atoms with van der Waals surface area (Å²) < 4.78 is 48.2. The lowest BCUT2D eigenvalue weighted by molar-refractivity contribution is -0.145. The zero-order chi connectivity index (χ0) is 16.2. The van der Waals surface area contributed by atoms with Crippen LogP contribution in [-0.2, 0) is 19.5 Å². The summed E-state index contributed by atoms with van der Waals surface area (Å²) >= 11 is 0. The summed E-state index contributed by atoms with van der Waals surface area (Å²) in [7, 11) is -0.685. The molecule has 0 aromatic heterocycles. The van der Waals surface area contributed by atoms with Crippen LogP contribution in [0.5, 0.6) is 11.5 Å². The van der Waals surface area contributed by atoms with Gasteiger partial charge >= 0.3 is 0 Å². The first kappa shape index (κ1) is 17.0. The molecule has 1 aliphatic heterocycles. The third kappa shape index (κ3) is 3.89. The SMILES string of the molecule is COc1ccc(S(=O)(=O)NCCC2(C)OCCO2)cc1OC. The average Bonchev–Trinajstić information content (AvgIpc) is 2.93. The van der Waals surface area contributed by atoms with Gasteiger partial charge in [-0.1, -0.05) is 0 Å². The van der Waals surface area contributed by atoms with E-state index in [1.165, 1.54) is 26.4 Å². The molecule has 1 aromatic rings. The first-order chi connectivity index (χ1) is 10.4. The molecular formula is C14H21NO6S. The maximum atomic E-state index is 12.3. The van der Waals surface area contributed by atoms with Crippen LogP contribution in [0.3, 0.4) is 0 Å². The van der Waals surface area contributed by atoms with E-state index in [9.17, 15) is 8.42 Å². The van der Waals surface area contributed by atoms with Gasteiger partial charge in [0.05, 0.1) is 32.3 Å². The molecule has 1 N–H and O–H groups in total. The van der Waals surface area contributed by atoms with Crippen LogP contribution in [0.4, 0.5) is 0 Å². The van der Waals surface area contributed by atoms with Gasteiger partial charge < -0.3 is 18.9 Å². The van der Waals surface area contributed by atoms with E-state index in [2.05, 4.69) is 4.72 Å². The molecule has 2 rings (SSSR count). The van der Waals surface area contributed by atoms with Crippen molar-refractivity contribution in [1.29, 1.82) is 0 Å². The van der Waals surface area contributed by atoms with Gasteiger partial charge in [0.1, 0.15) is 0 Å². The fourth-order valence-electron chi connectivity index (χ4n) is 2.18. The van der Waals surface area contributed by atoms with Crippen molar-refractivity contribution in [2.45, 2.75) is 24.0 Å². The first-order valence-corrected chi connectivity index (χ1v) is 8.38. The number of benzene rings is 1. The van der Waals surface area contributed by atoms with Crippen LogP contribution in [-0.4, -0.2) is 48.2 Å². The number of rotatable bonds is 7. The number of nitrogens with one attached hydrogen (secondary N) is 1. The molecule has 0 aliphatic carbocycles. The van der Waals surface area contributed by atoms with Crippen molar-refractivity contribution in [2.24, 2.45) is 0 Å². The van der Waals surface area contributed by atoms with Crippen molar-refractivity contribution in [2.75, 3.05) is 34.0 Å². The van der Waals surface area contributed by atoms with Crippen LogP contribution in [0.25, 0.3) is 0 Å².